The SMILES string of the molecule is CN(CCNCc1ccccc1)C(C)(C)C. The molecule has 0 amide bonds. The van der Waals surface area contributed by atoms with Crippen molar-refractivity contribution >= 4 is 0 Å². The predicted octanol–water partition coefficient (Wildman–Crippen LogP) is 2.51. The molecule has 0 radical (unpaired) electrons. The molecule has 16 heavy (non-hydrogen) atoms. The van der Waals surface area contributed by atoms with Gasteiger partial charge in [0.2, 0.25) is 0 Å². The maximum absolute atomic E-state index is 3.46. The van der Waals surface area contributed by atoms with Crippen molar-refractivity contribution in [2.75, 3.05) is 20.1 Å². The lowest BCUT2D eigenvalue weighted by molar-refractivity contribution is 0.176. The van der Waals surface area contributed by atoms with Gasteiger partial charge in [0.25, 0.3) is 0 Å². The molecule has 90 valence electrons. The zero-order valence-electron chi connectivity index (χ0n) is 11.0. The van der Waals surface area contributed by atoms with Crippen LogP contribution in [0.4, 0.5) is 0 Å². The molecule has 0 spiro atoms. The Morgan fingerprint density at radius 2 is 1.75 bits per heavy atom. The van der Waals surface area contributed by atoms with Gasteiger partial charge in [-0.3, -0.25) is 0 Å². The van der Waals surface area contributed by atoms with Gasteiger partial charge in [0.1, 0.15) is 0 Å². The van der Waals surface area contributed by atoms with Gasteiger partial charge in [-0.15, -0.1) is 0 Å². The molecule has 1 rings (SSSR count). The van der Waals surface area contributed by atoms with Gasteiger partial charge in [-0.25, -0.2) is 0 Å². The molecule has 2 heteroatoms. The van der Waals surface area contributed by atoms with Crippen LogP contribution in [-0.4, -0.2) is 30.6 Å². The molecule has 0 saturated heterocycles. The molecule has 2 nitrogen and oxygen atoms in total. The Balaban J connectivity index is 2.18. The third kappa shape index (κ3) is 4.77. The molecule has 0 bridgehead atoms. The molecule has 1 N–H and O–H groups in total. The minimum Gasteiger partial charge on any atom is -0.311 e. The summed E-state index contributed by atoms with van der Waals surface area (Å²) in [6.07, 6.45) is 0. The van der Waals surface area contributed by atoms with Crippen LogP contribution < -0.4 is 5.32 Å². The van der Waals surface area contributed by atoms with Crippen molar-refractivity contribution in [1.82, 2.24) is 10.2 Å². The Hall–Kier alpha value is -0.860. The van der Waals surface area contributed by atoms with E-state index in [1.165, 1.54) is 5.56 Å². The summed E-state index contributed by atoms with van der Waals surface area (Å²) in [5.74, 6) is 0. The third-order valence-corrected chi connectivity index (χ3v) is 2.94. The van der Waals surface area contributed by atoms with Crippen molar-refractivity contribution in [3.05, 3.63) is 35.9 Å². The van der Waals surface area contributed by atoms with E-state index in [1.54, 1.807) is 0 Å². The average Bonchev–Trinajstić information content (AvgIpc) is 2.24. The van der Waals surface area contributed by atoms with Gasteiger partial charge in [0.05, 0.1) is 0 Å². The van der Waals surface area contributed by atoms with Crippen LogP contribution in [0, 0.1) is 0 Å². The van der Waals surface area contributed by atoms with Crippen molar-refractivity contribution in [3.8, 4) is 0 Å². The normalized spacial score (nSPS) is 12.1. The number of rotatable bonds is 5. The molecule has 0 fully saturated rings. The second kappa shape index (κ2) is 6.02. The maximum Gasteiger partial charge on any atom is 0.0206 e. The van der Waals surface area contributed by atoms with E-state index in [9.17, 15) is 0 Å². The van der Waals surface area contributed by atoms with Crippen LogP contribution in [0.5, 0.6) is 0 Å². The summed E-state index contributed by atoms with van der Waals surface area (Å²) in [6, 6.07) is 10.5. The molecule has 0 aliphatic rings. The van der Waals surface area contributed by atoms with E-state index in [-0.39, 0.29) is 5.54 Å². The van der Waals surface area contributed by atoms with E-state index in [0.29, 0.717) is 0 Å². The standard InChI is InChI=1S/C14H24N2/c1-14(2,3)16(4)11-10-15-12-13-8-6-5-7-9-13/h5-9,15H,10-12H2,1-4H3. The number of nitrogens with zero attached hydrogens (tertiary/aromatic N) is 1. The van der Waals surface area contributed by atoms with Crippen LogP contribution in [0.2, 0.25) is 0 Å². The molecular weight excluding hydrogens is 196 g/mol. The van der Waals surface area contributed by atoms with E-state index in [4.69, 9.17) is 0 Å². The van der Waals surface area contributed by atoms with Crippen molar-refractivity contribution in [2.24, 2.45) is 0 Å². The summed E-state index contributed by atoms with van der Waals surface area (Å²) in [7, 11) is 2.17. The number of hydrogen-bond acceptors (Lipinski definition) is 2. The van der Waals surface area contributed by atoms with Crippen molar-refractivity contribution in [1.29, 1.82) is 0 Å². The molecule has 1 aromatic rings. The lowest BCUT2D eigenvalue weighted by atomic mass is 10.1. The fourth-order valence-electron chi connectivity index (χ4n) is 1.41. The number of nitrogens with one attached hydrogen (secondary N) is 1. The smallest absolute Gasteiger partial charge is 0.0206 e. The molecule has 0 heterocycles. The Bertz CT molecular complexity index is 287. The lowest BCUT2D eigenvalue weighted by Gasteiger charge is -2.31. The van der Waals surface area contributed by atoms with Gasteiger partial charge >= 0.3 is 0 Å². The first kappa shape index (κ1) is 13.2. The summed E-state index contributed by atoms with van der Waals surface area (Å²) in [6.45, 7) is 9.79. The van der Waals surface area contributed by atoms with Gasteiger partial charge < -0.3 is 10.2 Å². The molecule has 0 saturated carbocycles. The van der Waals surface area contributed by atoms with E-state index in [0.717, 1.165) is 19.6 Å². The maximum atomic E-state index is 3.46. The topological polar surface area (TPSA) is 15.3 Å². The largest absolute Gasteiger partial charge is 0.311 e. The van der Waals surface area contributed by atoms with Gasteiger partial charge in [-0.2, -0.15) is 0 Å². The Kier molecular flexibility index (Phi) is 4.97. The second-order valence-corrected chi connectivity index (χ2v) is 5.25. The summed E-state index contributed by atoms with van der Waals surface area (Å²) >= 11 is 0. The van der Waals surface area contributed by atoms with Crippen molar-refractivity contribution < 1.29 is 0 Å². The number of benzene rings is 1. The lowest BCUT2D eigenvalue weighted by Crippen LogP contribution is -2.41. The third-order valence-electron chi connectivity index (χ3n) is 2.94. The second-order valence-electron chi connectivity index (χ2n) is 5.25. The summed E-state index contributed by atoms with van der Waals surface area (Å²) in [4.78, 5) is 2.37. The minimum atomic E-state index is 0.258. The molecule has 0 unspecified atom stereocenters. The van der Waals surface area contributed by atoms with E-state index in [1.807, 2.05) is 0 Å². The predicted molar refractivity (Wildman–Crippen MR) is 70.5 cm³/mol. The number of likely N-dealkylation sites (N-methyl/N-ethyl adjacent to an activating group) is 1. The fourth-order valence-corrected chi connectivity index (χ4v) is 1.41. The average molecular weight is 220 g/mol. The van der Waals surface area contributed by atoms with Crippen molar-refractivity contribution in [3.63, 3.8) is 0 Å². The monoisotopic (exact) mass is 220 g/mol. The first-order valence-electron chi connectivity index (χ1n) is 5.96. The highest BCUT2D eigenvalue weighted by Crippen LogP contribution is 2.08. The van der Waals surface area contributed by atoms with E-state index >= 15 is 0 Å². The van der Waals surface area contributed by atoms with Crippen LogP contribution in [0.1, 0.15) is 26.3 Å². The van der Waals surface area contributed by atoms with Gasteiger partial charge in [0.15, 0.2) is 0 Å². The van der Waals surface area contributed by atoms with Gasteiger partial charge in [-0.05, 0) is 33.4 Å². The highest BCUT2D eigenvalue weighted by molar-refractivity contribution is 5.14. The van der Waals surface area contributed by atoms with Crippen LogP contribution in [0.25, 0.3) is 0 Å². The first-order valence-corrected chi connectivity index (χ1v) is 5.96. The highest BCUT2D eigenvalue weighted by atomic mass is 15.2. The fraction of sp³-hybridized carbons (Fsp3) is 0.571. The van der Waals surface area contributed by atoms with Gasteiger partial charge in [0, 0.05) is 25.2 Å². The summed E-state index contributed by atoms with van der Waals surface area (Å²) < 4.78 is 0. The summed E-state index contributed by atoms with van der Waals surface area (Å²) in [5, 5.41) is 3.46. The quantitative estimate of drug-likeness (QED) is 0.767. The molecule has 0 atom stereocenters. The molecule has 0 aliphatic heterocycles. The number of hydrogen-bond donors (Lipinski definition) is 1. The minimum absolute atomic E-state index is 0.258. The molecule has 0 aliphatic carbocycles. The molecule has 0 aromatic heterocycles. The molecular formula is C14H24N2. The summed E-state index contributed by atoms with van der Waals surface area (Å²) in [5.41, 5.74) is 1.61. The van der Waals surface area contributed by atoms with Crippen LogP contribution in [0.3, 0.4) is 0 Å². The van der Waals surface area contributed by atoms with Crippen LogP contribution in [0.15, 0.2) is 30.3 Å². The Morgan fingerprint density at radius 3 is 2.31 bits per heavy atom. The van der Waals surface area contributed by atoms with Crippen LogP contribution >= 0.6 is 0 Å². The van der Waals surface area contributed by atoms with Crippen molar-refractivity contribution in [2.45, 2.75) is 32.9 Å². The first-order chi connectivity index (χ1) is 7.50. The van der Waals surface area contributed by atoms with Gasteiger partial charge in [-0.1, -0.05) is 30.3 Å². The molecule has 1 aromatic carbocycles. The van der Waals surface area contributed by atoms with Crippen LogP contribution in [-0.2, 0) is 6.54 Å². The zero-order chi connectivity index (χ0) is 12.0. The van der Waals surface area contributed by atoms with E-state index in [2.05, 4.69) is 68.4 Å². The Morgan fingerprint density at radius 1 is 1.12 bits per heavy atom. The highest BCUT2D eigenvalue weighted by Gasteiger charge is 2.15. The van der Waals surface area contributed by atoms with E-state index < -0.39 is 0 Å². The zero-order valence-corrected chi connectivity index (χ0v) is 11.0. The Labute approximate surface area is 99.7 Å².